The van der Waals surface area contributed by atoms with Gasteiger partial charge in [0.05, 0.1) is 5.71 Å². The number of rotatable bonds is 4. The molecule has 4 saturated carbocycles. The van der Waals surface area contributed by atoms with Crippen LogP contribution in [0.3, 0.4) is 0 Å². The number of hydrogen-bond acceptors (Lipinski definition) is 4. The summed E-state index contributed by atoms with van der Waals surface area (Å²) in [7, 11) is 0. The zero-order valence-electron chi connectivity index (χ0n) is 18.5. The number of fused-ring (bicyclic) bond motifs is 5. The number of carbonyl (C=O) groups is 1. The van der Waals surface area contributed by atoms with Crippen LogP contribution in [0.25, 0.3) is 0 Å². The molecule has 1 amide bonds. The fourth-order valence-electron chi connectivity index (χ4n) is 7.78. The van der Waals surface area contributed by atoms with E-state index in [1.54, 1.807) is 11.8 Å². The van der Waals surface area contributed by atoms with Crippen LogP contribution in [0.5, 0.6) is 0 Å². The van der Waals surface area contributed by atoms with Crippen molar-refractivity contribution >= 4 is 23.4 Å². The Morgan fingerprint density at radius 1 is 1.19 bits per heavy atom. The second-order valence-corrected chi connectivity index (χ2v) is 12.2. The molecule has 4 aliphatic carbocycles. The van der Waals surface area contributed by atoms with E-state index >= 15 is 0 Å². The summed E-state index contributed by atoms with van der Waals surface area (Å²) in [6.45, 7) is 4.89. The number of hydrogen-bond donors (Lipinski definition) is 2. The van der Waals surface area contributed by atoms with Gasteiger partial charge in [-0.2, -0.15) is 24.9 Å². The molecule has 1 unspecified atom stereocenters. The highest BCUT2D eigenvalue weighted by atomic mass is 32.2. The van der Waals surface area contributed by atoms with E-state index in [9.17, 15) is 23.2 Å². The maximum absolute atomic E-state index is 12.3. The highest BCUT2D eigenvalue weighted by Gasteiger charge is 2.59. The van der Waals surface area contributed by atoms with E-state index in [0.29, 0.717) is 28.3 Å². The predicted octanol–water partition coefficient (Wildman–Crippen LogP) is 5.64. The van der Waals surface area contributed by atoms with Gasteiger partial charge in [0.25, 0.3) is 0 Å². The van der Waals surface area contributed by atoms with Crippen LogP contribution in [0.15, 0.2) is 5.16 Å². The molecule has 0 saturated heterocycles. The lowest BCUT2D eigenvalue weighted by molar-refractivity contribution is -0.173. The van der Waals surface area contributed by atoms with Gasteiger partial charge in [0, 0.05) is 23.5 Å². The number of halogens is 3. The summed E-state index contributed by atoms with van der Waals surface area (Å²) in [4.78, 5) is 11.0. The Kier molecular flexibility index (Phi) is 6.34. The highest BCUT2D eigenvalue weighted by Crippen LogP contribution is 2.66. The fraction of sp³-hybridized carbons (Fsp3) is 0.913. The van der Waals surface area contributed by atoms with Gasteiger partial charge in [-0.3, -0.25) is 4.79 Å². The SMILES string of the molecule is C[C@@]12CCC[C@H]1[C@@H]1C/C(=N\O)C3C[C@@H](SCCNC(=O)C(F)(F)F)CC[C@]3(C)[C@H]1CC2. The average Bonchev–Trinajstić information content (AvgIpc) is 3.11. The van der Waals surface area contributed by atoms with Crippen LogP contribution < -0.4 is 5.32 Å². The third-order valence-corrected chi connectivity index (χ3v) is 10.7. The van der Waals surface area contributed by atoms with Gasteiger partial charge in [-0.15, -0.1) is 0 Å². The van der Waals surface area contributed by atoms with Crippen LogP contribution in [0, 0.1) is 34.5 Å². The second kappa shape index (κ2) is 8.45. The van der Waals surface area contributed by atoms with Crippen molar-refractivity contribution in [1.29, 1.82) is 0 Å². The van der Waals surface area contributed by atoms with E-state index in [4.69, 9.17) is 0 Å². The number of amides is 1. The van der Waals surface area contributed by atoms with Crippen LogP contribution in [0.1, 0.15) is 71.6 Å². The molecule has 31 heavy (non-hydrogen) atoms. The van der Waals surface area contributed by atoms with E-state index in [2.05, 4.69) is 19.0 Å². The molecule has 4 nitrogen and oxygen atoms in total. The summed E-state index contributed by atoms with van der Waals surface area (Å²) in [5.41, 5.74) is 1.56. The Hall–Kier alpha value is -0.920. The first kappa shape index (κ1) is 23.2. The van der Waals surface area contributed by atoms with Gasteiger partial charge in [-0.1, -0.05) is 25.4 Å². The second-order valence-electron chi connectivity index (χ2n) is 10.8. The van der Waals surface area contributed by atoms with E-state index in [1.165, 1.54) is 32.1 Å². The van der Waals surface area contributed by atoms with Crippen LogP contribution in [0.2, 0.25) is 0 Å². The minimum Gasteiger partial charge on any atom is -0.411 e. The Bertz CT molecular complexity index is 730. The highest BCUT2D eigenvalue weighted by molar-refractivity contribution is 7.99. The van der Waals surface area contributed by atoms with E-state index in [0.717, 1.165) is 37.3 Å². The monoisotopic (exact) mass is 460 g/mol. The fourth-order valence-corrected chi connectivity index (χ4v) is 8.94. The molecule has 8 heteroatoms. The first-order chi connectivity index (χ1) is 14.6. The van der Waals surface area contributed by atoms with Crippen LogP contribution in [-0.2, 0) is 4.79 Å². The lowest BCUT2D eigenvalue weighted by Gasteiger charge is -2.60. The van der Waals surface area contributed by atoms with E-state index in [1.807, 2.05) is 5.32 Å². The molecule has 176 valence electrons. The van der Waals surface area contributed by atoms with Crippen LogP contribution >= 0.6 is 11.8 Å². The van der Waals surface area contributed by atoms with Gasteiger partial charge in [0.2, 0.25) is 0 Å². The summed E-state index contributed by atoms with van der Waals surface area (Å²) in [6, 6.07) is 0. The molecule has 7 atom stereocenters. The van der Waals surface area contributed by atoms with Crippen molar-refractivity contribution in [2.75, 3.05) is 12.3 Å². The molecule has 2 N–H and O–H groups in total. The lowest BCUT2D eigenvalue weighted by atomic mass is 9.45. The van der Waals surface area contributed by atoms with Gasteiger partial charge in [-0.25, -0.2) is 0 Å². The molecule has 4 fully saturated rings. The normalized spacial score (nSPS) is 43.8. The van der Waals surface area contributed by atoms with Crippen molar-refractivity contribution in [1.82, 2.24) is 5.32 Å². The molecule has 0 bridgehead atoms. The molecule has 0 aromatic rings. The Labute approximate surface area is 187 Å². The average molecular weight is 461 g/mol. The number of thioether (sulfide) groups is 1. The minimum absolute atomic E-state index is 0.0212. The zero-order valence-corrected chi connectivity index (χ0v) is 19.3. The van der Waals surface area contributed by atoms with Gasteiger partial charge in [0.15, 0.2) is 0 Å². The zero-order chi connectivity index (χ0) is 22.4. The molecule has 4 rings (SSSR count). The Morgan fingerprint density at radius 3 is 2.68 bits per heavy atom. The van der Waals surface area contributed by atoms with Gasteiger partial charge in [-0.05, 0) is 80.0 Å². The Morgan fingerprint density at radius 2 is 1.97 bits per heavy atom. The maximum atomic E-state index is 12.3. The maximum Gasteiger partial charge on any atom is 0.471 e. The molecular formula is C23H35F3N2O2S. The van der Waals surface area contributed by atoms with Gasteiger partial charge >= 0.3 is 12.1 Å². The van der Waals surface area contributed by atoms with E-state index < -0.39 is 12.1 Å². The molecule has 0 aromatic heterocycles. The van der Waals surface area contributed by atoms with Crippen molar-refractivity contribution in [3.05, 3.63) is 0 Å². The third kappa shape index (κ3) is 4.22. The van der Waals surface area contributed by atoms with E-state index in [-0.39, 0.29) is 17.9 Å². The molecule has 0 spiro atoms. The number of nitrogens with zero attached hydrogens (tertiary/aromatic N) is 1. The predicted molar refractivity (Wildman–Crippen MR) is 116 cm³/mol. The standard InChI is InChI=1S/C23H35F3N2O2S/c1-21-7-3-4-16(21)15-13-19(28-30)18-12-14(5-9-22(18,2)17(15)6-8-21)31-11-10-27-20(29)23(24,25)26/h14-18,30H,3-13H2,1-2H3,(H,27,29)/b28-19+/t14-,15-,16-,17-,18?,21-,22+/m0/s1. The molecule has 0 aromatic carbocycles. The summed E-state index contributed by atoms with van der Waals surface area (Å²) in [5, 5.41) is 16.0. The largest absolute Gasteiger partial charge is 0.471 e. The lowest BCUT2D eigenvalue weighted by Crippen LogP contribution is -2.56. The van der Waals surface area contributed by atoms with Crippen molar-refractivity contribution in [2.45, 2.75) is 83.1 Å². The summed E-state index contributed by atoms with van der Waals surface area (Å²) in [5.74, 6) is 0.888. The van der Waals surface area contributed by atoms with Gasteiger partial charge < -0.3 is 10.5 Å². The number of alkyl halides is 3. The summed E-state index contributed by atoms with van der Waals surface area (Å²) < 4.78 is 37.0. The molecule has 0 heterocycles. The smallest absolute Gasteiger partial charge is 0.411 e. The van der Waals surface area contributed by atoms with Crippen LogP contribution in [-0.4, -0.2) is 40.5 Å². The first-order valence-electron chi connectivity index (χ1n) is 11.8. The molecular weight excluding hydrogens is 425 g/mol. The molecule has 0 aliphatic heterocycles. The topological polar surface area (TPSA) is 61.7 Å². The third-order valence-electron chi connectivity index (χ3n) is 9.34. The van der Waals surface area contributed by atoms with Crippen molar-refractivity contribution in [2.24, 2.45) is 39.7 Å². The molecule has 0 radical (unpaired) electrons. The quantitative estimate of drug-likeness (QED) is 0.324. The van der Waals surface area contributed by atoms with Crippen molar-refractivity contribution in [3.63, 3.8) is 0 Å². The summed E-state index contributed by atoms with van der Waals surface area (Å²) >= 11 is 1.64. The Balaban J connectivity index is 1.39. The van der Waals surface area contributed by atoms with Crippen LogP contribution in [0.4, 0.5) is 13.2 Å². The molecule has 4 aliphatic rings. The number of nitrogens with one attached hydrogen (secondary N) is 1. The van der Waals surface area contributed by atoms with Crippen molar-refractivity contribution < 1.29 is 23.2 Å². The number of oxime groups is 1. The summed E-state index contributed by atoms with van der Waals surface area (Å²) in [6.07, 6.45) is 5.64. The van der Waals surface area contributed by atoms with Gasteiger partial charge in [0.1, 0.15) is 0 Å². The number of carbonyl (C=O) groups excluding carboxylic acids is 1. The first-order valence-corrected chi connectivity index (χ1v) is 12.8. The van der Waals surface area contributed by atoms with Crippen molar-refractivity contribution in [3.8, 4) is 0 Å². The minimum atomic E-state index is -4.82.